The molecular weight excluding hydrogens is 307 g/mol. The number of aromatic nitrogens is 1. The number of benzene rings is 1. The topological polar surface area (TPSA) is 59.1 Å². The molecule has 0 aliphatic carbocycles. The van der Waals surface area contributed by atoms with E-state index in [1.54, 1.807) is 25.1 Å². The van der Waals surface area contributed by atoms with Gasteiger partial charge >= 0.3 is 0 Å². The summed E-state index contributed by atoms with van der Waals surface area (Å²) in [6.45, 7) is 1.78. The van der Waals surface area contributed by atoms with Crippen LogP contribution in [0.5, 0.6) is 0 Å². The third-order valence-corrected chi connectivity index (χ3v) is 4.50. The molecule has 0 saturated heterocycles. The summed E-state index contributed by atoms with van der Waals surface area (Å²) in [5.74, 6) is 0. The number of hydrogen-bond acceptors (Lipinski definition) is 3. The van der Waals surface area contributed by atoms with Crippen LogP contribution in [-0.2, 0) is 10.0 Å². The van der Waals surface area contributed by atoms with E-state index in [0.29, 0.717) is 10.7 Å². The van der Waals surface area contributed by atoms with Gasteiger partial charge in [0.2, 0.25) is 0 Å². The number of hydrogen-bond donors (Lipinski definition) is 1. The first-order valence-electron chi connectivity index (χ1n) is 5.29. The molecule has 0 fully saturated rings. The van der Waals surface area contributed by atoms with Gasteiger partial charge in [0.1, 0.15) is 10.0 Å². The van der Waals surface area contributed by atoms with Gasteiger partial charge in [-0.15, -0.1) is 0 Å². The molecule has 19 heavy (non-hydrogen) atoms. The lowest BCUT2D eigenvalue weighted by atomic mass is 10.2. The Morgan fingerprint density at radius 1 is 1.21 bits per heavy atom. The van der Waals surface area contributed by atoms with Crippen molar-refractivity contribution in [1.29, 1.82) is 0 Å². The molecule has 2 rings (SSSR count). The lowest BCUT2D eigenvalue weighted by Gasteiger charge is -2.11. The minimum absolute atomic E-state index is 0.0731. The predicted octanol–water partition coefficient (Wildman–Crippen LogP) is 3.50. The van der Waals surface area contributed by atoms with Crippen LogP contribution < -0.4 is 4.72 Å². The average Bonchev–Trinajstić information content (AvgIpc) is 2.34. The summed E-state index contributed by atoms with van der Waals surface area (Å²) in [4.78, 5) is 3.67. The smallest absolute Gasteiger partial charge is 0.264 e. The van der Waals surface area contributed by atoms with Gasteiger partial charge in [0.15, 0.2) is 0 Å². The maximum Gasteiger partial charge on any atom is 0.264 e. The number of nitrogens with zero attached hydrogens (tertiary/aromatic N) is 1. The number of rotatable bonds is 3. The van der Waals surface area contributed by atoms with Crippen molar-refractivity contribution in [3.63, 3.8) is 0 Å². The Morgan fingerprint density at radius 2 is 1.95 bits per heavy atom. The van der Waals surface area contributed by atoms with Gasteiger partial charge in [-0.2, -0.15) is 0 Å². The van der Waals surface area contributed by atoms with Gasteiger partial charge in [-0.3, -0.25) is 4.72 Å². The largest absolute Gasteiger partial charge is 0.279 e. The number of anilines is 1. The van der Waals surface area contributed by atoms with Crippen LogP contribution in [0.2, 0.25) is 10.2 Å². The van der Waals surface area contributed by atoms with E-state index in [0.717, 1.165) is 5.56 Å². The molecule has 0 amide bonds. The van der Waals surface area contributed by atoms with Gasteiger partial charge in [0, 0.05) is 11.2 Å². The molecule has 0 saturated carbocycles. The van der Waals surface area contributed by atoms with E-state index >= 15 is 0 Å². The fourth-order valence-corrected chi connectivity index (χ4v) is 3.22. The highest BCUT2D eigenvalue weighted by atomic mass is 35.5. The van der Waals surface area contributed by atoms with Gasteiger partial charge in [0.25, 0.3) is 10.0 Å². The van der Waals surface area contributed by atoms with Crippen LogP contribution in [-0.4, -0.2) is 13.4 Å². The second kappa shape index (κ2) is 5.36. The monoisotopic (exact) mass is 316 g/mol. The number of aryl methyl sites for hydroxylation is 1. The zero-order valence-electron chi connectivity index (χ0n) is 9.89. The lowest BCUT2D eigenvalue weighted by molar-refractivity contribution is 0.601. The van der Waals surface area contributed by atoms with Crippen LogP contribution in [0.15, 0.2) is 41.4 Å². The highest BCUT2D eigenvalue weighted by Crippen LogP contribution is 2.25. The Bertz CT molecular complexity index is 717. The number of sulfonamides is 1. The molecule has 0 unspecified atom stereocenters. The standard InChI is InChI=1S/C12H10Cl2N2O2S/c1-8-4-5-9(13)7-10(8)16-19(17,18)11-3-2-6-15-12(11)14/h2-7,16H,1H3. The van der Waals surface area contributed by atoms with E-state index in [1.165, 1.54) is 18.3 Å². The Kier molecular flexibility index (Phi) is 3.99. The summed E-state index contributed by atoms with van der Waals surface area (Å²) in [6.07, 6.45) is 1.42. The third-order valence-electron chi connectivity index (χ3n) is 2.46. The van der Waals surface area contributed by atoms with E-state index in [2.05, 4.69) is 9.71 Å². The molecule has 4 nitrogen and oxygen atoms in total. The van der Waals surface area contributed by atoms with Crippen LogP contribution in [0, 0.1) is 6.92 Å². The summed E-state index contributed by atoms with van der Waals surface area (Å²) in [6, 6.07) is 7.85. The Labute approximate surface area is 121 Å². The summed E-state index contributed by atoms with van der Waals surface area (Å²) in [5, 5.41) is 0.371. The highest BCUT2D eigenvalue weighted by molar-refractivity contribution is 7.92. The van der Waals surface area contributed by atoms with Crippen LogP contribution in [0.4, 0.5) is 5.69 Å². The summed E-state index contributed by atoms with van der Waals surface area (Å²) >= 11 is 11.6. The van der Waals surface area contributed by atoms with E-state index in [4.69, 9.17) is 23.2 Å². The van der Waals surface area contributed by atoms with Crippen molar-refractivity contribution in [2.45, 2.75) is 11.8 Å². The Morgan fingerprint density at radius 3 is 2.63 bits per heavy atom. The van der Waals surface area contributed by atoms with Gasteiger partial charge < -0.3 is 0 Å². The normalized spacial score (nSPS) is 11.3. The quantitative estimate of drug-likeness (QED) is 0.882. The molecule has 0 bridgehead atoms. The van der Waals surface area contributed by atoms with Crippen LogP contribution in [0.25, 0.3) is 0 Å². The molecule has 1 aromatic carbocycles. The molecular formula is C12H10Cl2N2O2S. The zero-order valence-corrected chi connectivity index (χ0v) is 12.2. The highest BCUT2D eigenvalue weighted by Gasteiger charge is 2.19. The molecule has 0 radical (unpaired) electrons. The first-order valence-corrected chi connectivity index (χ1v) is 7.53. The molecule has 1 N–H and O–H groups in total. The van der Waals surface area contributed by atoms with Crippen molar-refractivity contribution >= 4 is 38.9 Å². The molecule has 7 heteroatoms. The van der Waals surface area contributed by atoms with E-state index in [1.807, 2.05) is 0 Å². The van der Waals surface area contributed by atoms with Gasteiger partial charge in [-0.25, -0.2) is 13.4 Å². The fraction of sp³-hybridized carbons (Fsp3) is 0.0833. The second-order valence-corrected chi connectivity index (χ2v) is 6.30. The molecule has 2 aromatic rings. The molecule has 0 atom stereocenters. The summed E-state index contributed by atoms with van der Waals surface area (Å²) in [5.41, 5.74) is 1.17. The molecule has 0 aliphatic heterocycles. The third kappa shape index (κ3) is 3.18. The van der Waals surface area contributed by atoms with Crippen molar-refractivity contribution in [3.05, 3.63) is 52.3 Å². The fourth-order valence-electron chi connectivity index (χ4n) is 1.48. The molecule has 1 heterocycles. The second-order valence-electron chi connectivity index (χ2n) is 3.86. The lowest BCUT2D eigenvalue weighted by Crippen LogP contribution is -2.14. The summed E-state index contributed by atoms with van der Waals surface area (Å²) < 4.78 is 26.9. The molecule has 0 aliphatic rings. The minimum Gasteiger partial charge on any atom is -0.279 e. The van der Waals surface area contributed by atoms with Crippen molar-refractivity contribution in [1.82, 2.24) is 4.98 Å². The van der Waals surface area contributed by atoms with E-state index in [9.17, 15) is 8.42 Å². The average molecular weight is 317 g/mol. The minimum atomic E-state index is -3.79. The van der Waals surface area contributed by atoms with Crippen LogP contribution in [0.3, 0.4) is 0 Å². The SMILES string of the molecule is Cc1ccc(Cl)cc1NS(=O)(=O)c1cccnc1Cl. The van der Waals surface area contributed by atoms with Crippen molar-refractivity contribution in [3.8, 4) is 0 Å². The van der Waals surface area contributed by atoms with Gasteiger partial charge in [0.05, 0.1) is 5.69 Å². The first-order chi connectivity index (χ1) is 8.90. The van der Waals surface area contributed by atoms with Crippen molar-refractivity contribution in [2.75, 3.05) is 4.72 Å². The van der Waals surface area contributed by atoms with E-state index in [-0.39, 0.29) is 10.0 Å². The number of pyridine rings is 1. The van der Waals surface area contributed by atoms with Crippen molar-refractivity contribution < 1.29 is 8.42 Å². The van der Waals surface area contributed by atoms with Gasteiger partial charge in [-0.1, -0.05) is 29.3 Å². The maximum atomic E-state index is 12.2. The Hall–Kier alpha value is -1.30. The van der Waals surface area contributed by atoms with E-state index < -0.39 is 10.0 Å². The number of halogens is 2. The first kappa shape index (κ1) is 14.1. The van der Waals surface area contributed by atoms with Gasteiger partial charge in [-0.05, 0) is 36.8 Å². The summed E-state index contributed by atoms with van der Waals surface area (Å²) in [7, 11) is -3.79. The Balaban J connectivity index is 2.43. The van der Waals surface area contributed by atoms with Crippen LogP contribution in [0.1, 0.15) is 5.56 Å². The molecule has 0 spiro atoms. The van der Waals surface area contributed by atoms with Crippen LogP contribution >= 0.6 is 23.2 Å². The molecule has 100 valence electrons. The number of nitrogens with one attached hydrogen (secondary N) is 1. The van der Waals surface area contributed by atoms with Crippen molar-refractivity contribution in [2.24, 2.45) is 0 Å². The zero-order chi connectivity index (χ0) is 14.0. The molecule has 1 aromatic heterocycles. The predicted molar refractivity (Wildman–Crippen MR) is 76.2 cm³/mol. The maximum absolute atomic E-state index is 12.2.